The average Bonchev–Trinajstić information content (AvgIpc) is 1.51. The number of aliphatic hydroxyl groups is 2. The molecule has 550 valence electrons. The van der Waals surface area contributed by atoms with E-state index in [0.29, 0.717) is 72.7 Å². The zero-order valence-corrected chi connectivity index (χ0v) is 57.8. The second-order valence-corrected chi connectivity index (χ2v) is 24.4. The second kappa shape index (κ2) is 41.7. The van der Waals surface area contributed by atoms with Gasteiger partial charge in [0.2, 0.25) is 18.4 Å². The van der Waals surface area contributed by atoms with Crippen LogP contribution >= 0.6 is 23.1 Å². The van der Waals surface area contributed by atoms with Gasteiger partial charge in [0.25, 0.3) is 11.8 Å². The summed E-state index contributed by atoms with van der Waals surface area (Å²) in [6, 6.07) is 29.8. The van der Waals surface area contributed by atoms with E-state index in [1.807, 2.05) is 68.4 Å². The van der Waals surface area contributed by atoms with Crippen LogP contribution in [0.2, 0.25) is 0 Å². The van der Waals surface area contributed by atoms with E-state index in [1.165, 1.54) is 54.2 Å². The Morgan fingerprint density at radius 3 is 1.54 bits per heavy atom. The number of methoxy groups -OCH3 is 2. The van der Waals surface area contributed by atoms with Crippen molar-refractivity contribution in [1.82, 2.24) is 25.8 Å². The van der Waals surface area contributed by atoms with Crippen LogP contribution < -0.4 is 51.5 Å². The third-order valence-corrected chi connectivity index (χ3v) is 16.2. The summed E-state index contributed by atoms with van der Waals surface area (Å²) in [6.45, 7) is 7.57. The number of phenols is 2. The van der Waals surface area contributed by atoms with E-state index >= 15 is 0 Å². The van der Waals surface area contributed by atoms with Crippen molar-refractivity contribution >= 4 is 106 Å². The number of nitrogens with two attached hydrogens (primary N) is 1. The van der Waals surface area contributed by atoms with Gasteiger partial charge in [-0.3, -0.25) is 24.1 Å². The number of oxime groups is 1. The molecule has 6 aromatic rings. The van der Waals surface area contributed by atoms with Gasteiger partial charge in [-0.25, -0.2) is 33.5 Å². The third kappa shape index (κ3) is 28.1. The van der Waals surface area contributed by atoms with Crippen LogP contribution in [0.3, 0.4) is 0 Å². The zero-order valence-electron chi connectivity index (χ0n) is 56.1. The number of aliphatic hydroxyl groups excluding tert-OH is 2. The van der Waals surface area contributed by atoms with E-state index in [1.54, 1.807) is 67.6 Å². The molecule has 0 aliphatic carbocycles. The smallest absolute Gasteiger partial charge is 0.350 e. The average molecular weight is 1470 g/mol. The number of rotatable bonds is 31. The molecular formula is C68H78N10O23S2. The summed E-state index contributed by atoms with van der Waals surface area (Å²) in [5.41, 5.74) is 7.97. The summed E-state index contributed by atoms with van der Waals surface area (Å²) in [7, 11) is 3.28. The summed E-state index contributed by atoms with van der Waals surface area (Å²) in [5.74, 6) is -7.46. The predicted octanol–water partition coefficient (Wildman–Crippen LogP) is 2.57. The Morgan fingerprint density at radius 2 is 1.17 bits per heavy atom. The lowest BCUT2D eigenvalue weighted by Gasteiger charge is -2.50. The monoisotopic (exact) mass is 1470 g/mol. The maximum atomic E-state index is 13.1. The predicted molar refractivity (Wildman–Crippen MR) is 372 cm³/mol. The number of thioether (sulfide) groups is 1. The first kappa shape index (κ1) is 83.7. The van der Waals surface area contributed by atoms with Crippen LogP contribution in [0.15, 0.2) is 162 Å². The number of thiazole rings is 1. The largest absolute Gasteiger partial charge is 0.543 e. The Bertz CT molecular complexity index is 3840. The molecule has 6 atom stereocenters. The fourth-order valence-electron chi connectivity index (χ4n) is 8.96. The van der Waals surface area contributed by atoms with E-state index in [-0.39, 0.29) is 63.7 Å². The number of anilines is 3. The molecule has 0 spiro atoms. The van der Waals surface area contributed by atoms with Crippen molar-refractivity contribution in [2.24, 2.45) is 5.16 Å². The van der Waals surface area contributed by atoms with Gasteiger partial charge in [-0.05, 0) is 111 Å². The van der Waals surface area contributed by atoms with Crippen LogP contribution in [0.25, 0.3) is 0 Å². The molecule has 1 fully saturated rings. The third-order valence-electron chi connectivity index (χ3n) is 14.2. The zero-order chi connectivity index (χ0) is 76.5. The highest BCUT2D eigenvalue weighted by molar-refractivity contribution is 8.00. The van der Waals surface area contributed by atoms with Crippen molar-refractivity contribution in [1.29, 1.82) is 0 Å². The number of amides is 4. The molecule has 33 nitrogen and oxygen atoms in total. The Balaban J connectivity index is 0.000000301. The molecule has 2 aromatic heterocycles. The molecule has 8 rings (SSSR count). The van der Waals surface area contributed by atoms with E-state index in [4.69, 9.17) is 40.5 Å². The molecule has 1 saturated heterocycles. The minimum Gasteiger partial charge on any atom is -0.543 e. The van der Waals surface area contributed by atoms with Crippen molar-refractivity contribution < 1.29 is 118 Å². The fourth-order valence-corrected chi connectivity index (χ4v) is 10.8. The Labute approximate surface area is 597 Å². The molecule has 2 aliphatic heterocycles. The summed E-state index contributed by atoms with van der Waals surface area (Å²) in [5, 5.41) is 111. The van der Waals surface area contributed by atoms with Crippen LogP contribution in [0.1, 0.15) is 67.9 Å². The van der Waals surface area contributed by atoms with Crippen molar-refractivity contribution in [3.63, 3.8) is 0 Å². The molecule has 2 aliphatic rings. The SMILES string of the molecule is CC(C)(O/N=C(\C(=O)N[C@@H]1C(=O)N2C(C(=O)[O-])=C(C[n+]3ccccc3)CS[C@H]12)c1csc(N)n1)C(=O)O.COc1ccc(C[C@@H](C)NC[C@H](O)c2ccc(O)c(NC=O)c2)cc1.COc1ccc(C[C@@H](C)NC[C@H](O)c2ccc(O)c(NC=O)c2)cc1.O=C(O)/C=C/C(=O)O.O=C(O)/C=C/C(=O)O. The number of aromatic nitrogens is 2. The molecule has 4 heterocycles. The fraction of sp³-hybridized carbons (Fsp3) is 0.279. The van der Waals surface area contributed by atoms with Crippen LogP contribution in [-0.4, -0.2) is 184 Å². The standard InChI is InChI=1S/C22H22N6O7S2.2C19H24N2O4.2C4H4O4/c1-22(2,20(33)34)35-26-13(12-10-37-21(23)24-12)16(29)25-14-17(30)28-15(19(31)32)11(9-36-18(14)28)8-27-6-4-3-5-7-27;2*1-13(9-14-3-6-16(25-2)7-4-14)20-11-19(24)15-5-8-18(23)17(10-15)21-12-22;2*5-3(6)1-2-4(7)8/h3-7,10,14,18H,8-9H2,1-2H3,(H4-,23,24,25,29,31,32,33,34);2*3-8,10,12-13,19-20,23-24H,9,11H2,1-2H3,(H,21,22);2*1-2H,(H,5,6)(H,7,8)/b26-13-;;;2*2-1+/t14-,18-;2*13-,19+;;/m111../s1. The van der Waals surface area contributed by atoms with Crippen molar-refractivity contribution in [3.8, 4) is 23.0 Å². The van der Waals surface area contributed by atoms with Crippen LogP contribution in [0.5, 0.6) is 23.0 Å². The van der Waals surface area contributed by atoms with Crippen LogP contribution in [0.4, 0.5) is 16.5 Å². The molecule has 4 amide bonds. The van der Waals surface area contributed by atoms with Crippen molar-refractivity contribution in [2.45, 2.75) is 88.4 Å². The van der Waals surface area contributed by atoms with Gasteiger partial charge >= 0.3 is 29.8 Å². The van der Waals surface area contributed by atoms with E-state index in [9.17, 15) is 78.6 Å². The van der Waals surface area contributed by atoms with E-state index in [0.717, 1.165) is 40.6 Å². The molecule has 103 heavy (non-hydrogen) atoms. The molecular weight excluding hydrogens is 1390 g/mol. The van der Waals surface area contributed by atoms with Gasteiger partial charge in [0.15, 0.2) is 29.8 Å². The van der Waals surface area contributed by atoms with E-state index < -0.39 is 76.9 Å². The number of hydrogen-bond donors (Lipinski definition) is 15. The first-order chi connectivity index (χ1) is 48.8. The van der Waals surface area contributed by atoms with Crippen molar-refractivity contribution in [3.05, 3.63) is 184 Å². The number of aromatic hydroxyl groups is 2. The number of carboxylic acids is 6. The van der Waals surface area contributed by atoms with E-state index in [2.05, 4.69) is 36.7 Å². The van der Waals surface area contributed by atoms with Crippen LogP contribution in [0, 0.1) is 0 Å². The maximum Gasteiger partial charge on any atom is 0.350 e. The molecule has 35 heteroatoms. The summed E-state index contributed by atoms with van der Waals surface area (Å²) < 4.78 is 12.1. The van der Waals surface area contributed by atoms with Gasteiger partial charge in [-0.15, -0.1) is 23.1 Å². The summed E-state index contributed by atoms with van der Waals surface area (Å²) >= 11 is 2.32. The second-order valence-electron chi connectivity index (χ2n) is 22.4. The highest BCUT2D eigenvalue weighted by Gasteiger charge is 2.53. The highest BCUT2D eigenvalue weighted by Crippen LogP contribution is 2.40. The number of ether oxygens (including phenoxy) is 2. The number of carboxylic acid groups (broad SMARTS) is 6. The lowest BCUT2D eigenvalue weighted by atomic mass is 10.0. The Kier molecular flexibility index (Phi) is 33.9. The van der Waals surface area contributed by atoms with Gasteiger partial charge < -0.3 is 102 Å². The van der Waals surface area contributed by atoms with Gasteiger partial charge in [0.05, 0.1) is 49.5 Å². The molecule has 16 N–H and O–H groups in total. The maximum absolute atomic E-state index is 13.1. The number of carbonyl (C=O) groups is 10. The lowest BCUT2D eigenvalue weighted by molar-refractivity contribution is -0.689. The number of nitrogen functional groups attached to an aromatic ring is 1. The number of phenolic OH excluding ortho intramolecular Hbond substituents is 2. The first-order valence-electron chi connectivity index (χ1n) is 30.6. The van der Waals surface area contributed by atoms with Gasteiger partial charge in [-0.2, -0.15) is 0 Å². The van der Waals surface area contributed by atoms with Gasteiger partial charge in [0.1, 0.15) is 40.1 Å². The number of fused-ring (bicyclic) bond motifs is 1. The first-order valence-corrected chi connectivity index (χ1v) is 32.5. The Hall–Kier alpha value is -11.8. The minimum atomic E-state index is -1.75. The highest BCUT2D eigenvalue weighted by atomic mass is 32.2. The number of pyridine rings is 1. The molecule has 4 aromatic carbocycles. The quantitative estimate of drug-likeness (QED) is 0.00565. The Morgan fingerprint density at radius 1 is 0.718 bits per heavy atom. The van der Waals surface area contributed by atoms with Gasteiger partial charge in [-0.1, -0.05) is 47.6 Å². The lowest BCUT2D eigenvalue weighted by Crippen LogP contribution is -2.71. The summed E-state index contributed by atoms with van der Waals surface area (Å²) in [4.78, 5) is 119. The van der Waals surface area contributed by atoms with Gasteiger partial charge in [0, 0.05) is 78.3 Å². The number of benzene rings is 4. The molecule has 0 unspecified atom stereocenters. The number of nitrogens with zero attached hydrogens (tertiary/aromatic N) is 4. The number of β-lactam (4-membered cyclic amide) rings is 1. The number of carbonyl (C=O) groups excluding carboxylic acids is 5. The molecule has 0 radical (unpaired) electrons. The molecule has 0 saturated carbocycles. The number of hydrogen-bond acceptors (Lipinski definition) is 25. The summed E-state index contributed by atoms with van der Waals surface area (Å²) in [6.07, 6.45) is 6.91. The number of aliphatic carboxylic acids is 6. The topological polar surface area (TPSA) is 522 Å². The number of nitrogens with one attached hydrogen (secondary N) is 5. The normalized spacial score (nSPS) is 14.9. The molecule has 0 bridgehead atoms. The van der Waals surface area contributed by atoms with Crippen molar-refractivity contribution in [2.75, 3.05) is 49.4 Å². The minimum absolute atomic E-state index is 0.0265. The van der Waals surface area contributed by atoms with Crippen LogP contribution in [-0.2, 0) is 72.2 Å².